The van der Waals surface area contributed by atoms with Gasteiger partial charge in [0.15, 0.2) is 0 Å². The molecule has 1 aromatic rings. The fourth-order valence-corrected chi connectivity index (χ4v) is 4.32. The lowest BCUT2D eigenvalue weighted by Crippen LogP contribution is -2.39. The molecule has 2 rings (SSSR count). The molecule has 0 saturated heterocycles. The molecule has 0 bridgehead atoms. The number of sulfonamides is 1. The molecule has 1 saturated carbocycles. The Bertz CT molecular complexity index is 598. The summed E-state index contributed by atoms with van der Waals surface area (Å²) in [7, 11) is -1.94. The van der Waals surface area contributed by atoms with Gasteiger partial charge in [0.25, 0.3) is 0 Å². The van der Waals surface area contributed by atoms with Crippen LogP contribution in [0.5, 0.6) is 0 Å². The first-order chi connectivity index (χ1) is 9.86. The van der Waals surface area contributed by atoms with Gasteiger partial charge in [-0.2, -0.15) is 4.31 Å². The Kier molecular flexibility index (Phi) is 5.01. The van der Waals surface area contributed by atoms with E-state index in [0.29, 0.717) is 24.6 Å². The minimum atomic E-state index is -3.68. The maximum Gasteiger partial charge on any atom is 0.243 e. The smallest absolute Gasteiger partial charge is 0.243 e. The quantitative estimate of drug-likeness (QED) is 0.840. The number of rotatable bonds is 7. The van der Waals surface area contributed by atoms with Crippen LogP contribution in [0.4, 0.5) is 4.39 Å². The maximum absolute atomic E-state index is 13.6. The number of hydrogen-bond acceptors (Lipinski definition) is 3. The van der Waals surface area contributed by atoms with Gasteiger partial charge < -0.3 is 5.32 Å². The predicted molar refractivity (Wildman–Crippen MR) is 80.9 cm³/mol. The van der Waals surface area contributed by atoms with Gasteiger partial charge in [-0.3, -0.25) is 0 Å². The van der Waals surface area contributed by atoms with E-state index in [4.69, 9.17) is 0 Å². The molecule has 1 N–H and O–H groups in total. The number of hydrogen-bond donors (Lipinski definition) is 1. The molecule has 0 aliphatic heterocycles. The standard InChI is InChI=1S/C15H23FN2O2S/c1-11(2)18(10-12-4-5-12)21(19,20)15-8-14(16)7-6-13(15)9-17-3/h6-8,11-12,17H,4-5,9-10H2,1-3H3. The molecule has 6 heteroatoms. The van der Waals surface area contributed by atoms with E-state index in [1.165, 1.54) is 16.4 Å². The SMILES string of the molecule is CNCc1ccc(F)cc1S(=O)(=O)N(CC1CC1)C(C)C. The monoisotopic (exact) mass is 314 g/mol. The second kappa shape index (κ2) is 6.42. The third-order valence-corrected chi connectivity index (χ3v) is 5.82. The second-order valence-corrected chi connectivity index (χ2v) is 7.75. The second-order valence-electron chi connectivity index (χ2n) is 5.89. The Morgan fingerprint density at radius 3 is 2.57 bits per heavy atom. The van der Waals surface area contributed by atoms with E-state index in [-0.39, 0.29) is 10.9 Å². The van der Waals surface area contributed by atoms with Crippen molar-refractivity contribution >= 4 is 10.0 Å². The average molecular weight is 314 g/mol. The van der Waals surface area contributed by atoms with Crippen LogP contribution in [0, 0.1) is 11.7 Å². The van der Waals surface area contributed by atoms with Crippen molar-refractivity contribution in [1.82, 2.24) is 9.62 Å². The highest BCUT2D eigenvalue weighted by molar-refractivity contribution is 7.89. The van der Waals surface area contributed by atoms with E-state index in [2.05, 4.69) is 5.32 Å². The highest BCUT2D eigenvalue weighted by Crippen LogP contribution is 2.33. The highest BCUT2D eigenvalue weighted by Gasteiger charge is 2.34. The summed E-state index contributed by atoms with van der Waals surface area (Å²) >= 11 is 0. The Morgan fingerprint density at radius 1 is 1.38 bits per heavy atom. The first-order valence-electron chi connectivity index (χ1n) is 7.31. The summed E-state index contributed by atoms with van der Waals surface area (Å²) in [5.74, 6) is -0.0768. The van der Waals surface area contributed by atoms with Crippen molar-refractivity contribution in [3.63, 3.8) is 0 Å². The molecule has 0 atom stereocenters. The fourth-order valence-electron chi connectivity index (χ4n) is 2.37. The van der Waals surface area contributed by atoms with Gasteiger partial charge in [0.05, 0.1) is 4.90 Å². The molecule has 4 nitrogen and oxygen atoms in total. The van der Waals surface area contributed by atoms with Crippen LogP contribution >= 0.6 is 0 Å². The first-order valence-corrected chi connectivity index (χ1v) is 8.75. The molecular formula is C15H23FN2O2S. The number of benzene rings is 1. The zero-order valence-electron chi connectivity index (χ0n) is 12.8. The lowest BCUT2D eigenvalue weighted by Gasteiger charge is -2.27. The summed E-state index contributed by atoms with van der Waals surface area (Å²) < 4.78 is 40.9. The van der Waals surface area contributed by atoms with Crippen molar-refractivity contribution in [2.75, 3.05) is 13.6 Å². The first kappa shape index (κ1) is 16.4. The predicted octanol–water partition coefficient (Wildman–Crippen LogP) is 2.35. The largest absolute Gasteiger partial charge is 0.316 e. The van der Waals surface area contributed by atoms with Gasteiger partial charge in [-0.1, -0.05) is 6.07 Å². The van der Waals surface area contributed by atoms with Crippen molar-refractivity contribution < 1.29 is 12.8 Å². The van der Waals surface area contributed by atoms with Crippen LogP contribution in [0.3, 0.4) is 0 Å². The Balaban J connectivity index is 2.42. The molecule has 1 fully saturated rings. The van der Waals surface area contributed by atoms with E-state index < -0.39 is 15.8 Å². The fraction of sp³-hybridized carbons (Fsp3) is 0.600. The third-order valence-electron chi connectivity index (χ3n) is 3.69. The van der Waals surface area contributed by atoms with Crippen molar-refractivity contribution in [1.29, 1.82) is 0 Å². The molecular weight excluding hydrogens is 291 g/mol. The molecule has 0 spiro atoms. The number of nitrogens with zero attached hydrogens (tertiary/aromatic N) is 1. The Hall–Kier alpha value is -0.980. The van der Waals surface area contributed by atoms with Crippen LogP contribution in [0.25, 0.3) is 0 Å². The molecule has 0 unspecified atom stereocenters. The molecule has 1 aliphatic carbocycles. The average Bonchev–Trinajstić information content (AvgIpc) is 3.21. The minimum Gasteiger partial charge on any atom is -0.316 e. The van der Waals surface area contributed by atoms with E-state index in [1.807, 2.05) is 13.8 Å². The summed E-state index contributed by atoms with van der Waals surface area (Å²) in [6, 6.07) is 3.83. The van der Waals surface area contributed by atoms with E-state index >= 15 is 0 Å². The van der Waals surface area contributed by atoms with Crippen LogP contribution in [0.2, 0.25) is 0 Å². The normalized spacial score (nSPS) is 15.9. The maximum atomic E-state index is 13.6. The summed E-state index contributed by atoms with van der Waals surface area (Å²) in [5.41, 5.74) is 0.598. The van der Waals surface area contributed by atoms with Gasteiger partial charge in [0.2, 0.25) is 10.0 Å². The van der Waals surface area contributed by atoms with E-state index in [0.717, 1.165) is 18.9 Å². The van der Waals surface area contributed by atoms with Gasteiger partial charge in [-0.25, -0.2) is 12.8 Å². The zero-order chi connectivity index (χ0) is 15.6. The summed E-state index contributed by atoms with van der Waals surface area (Å²) in [6.45, 7) is 4.63. The van der Waals surface area contributed by atoms with Gasteiger partial charge in [0.1, 0.15) is 5.82 Å². The van der Waals surface area contributed by atoms with Crippen molar-refractivity contribution in [2.45, 2.75) is 44.2 Å². The molecule has 0 aromatic heterocycles. The molecule has 0 radical (unpaired) electrons. The highest BCUT2D eigenvalue weighted by atomic mass is 32.2. The van der Waals surface area contributed by atoms with E-state index in [9.17, 15) is 12.8 Å². The Labute approximate surface area is 126 Å². The van der Waals surface area contributed by atoms with Crippen molar-refractivity contribution in [3.05, 3.63) is 29.6 Å². The van der Waals surface area contributed by atoms with Crippen molar-refractivity contribution in [3.8, 4) is 0 Å². The number of halogens is 1. The lowest BCUT2D eigenvalue weighted by atomic mass is 10.2. The molecule has 0 heterocycles. The minimum absolute atomic E-state index is 0.0752. The molecule has 1 aromatic carbocycles. The lowest BCUT2D eigenvalue weighted by molar-refractivity contribution is 0.341. The summed E-state index contributed by atoms with van der Waals surface area (Å²) in [6.07, 6.45) is 2.15. The van der Waals surface area contributed by atoms with Crippen LogP contribution in [0.15, 0.2) is 23.1 Å². The van der Waals surface area contributed by atoms with Crippen molar-refractivity contribution in [2.24, 2.45) is 5.92 Å². The van der Waals surface area contributed by atoms with Crippen LogP contribution in [-0.4, -0.2) is 32.4 Å². The van der Waals surface area contributed by atoms with Crippen LogP contribution in [-0.2, 0) is 16.6 Å². The van der Waals surface area contributed by atoms with Crippen LogP contribution < -0.4 is 5.32 Å². The Morgan fingerprint density at radius 2 is 2.05 bits per heavy atom. The summed E-state index contributed by atoms with van der Waals surface area (Å²) in [5, 5.41) is 2.93. The molecule has 0 amide bonds. The zero-order valence-corrected chi connectivity index (χ0v) is 13.6. The van der Waals surface area contributed by atoms with Crippen LogP contribution in [0.1, 0.15) is 32.3 Å². The molecule has 21 heavy (non-hydrogen) atoms. The van der Waals surface area contributed by atoms with Gasteiger partial charge in [-0.05, 0) is 57.4 Å². The van der Waals surface area contributed by atoms with Gasteiger partial charge in [-0.15, -0.1) is 0 Å². The summed E-state index contributed by atoms with van der Waals surface area (Å²) in [4.78, 5) is 0.0752. The van der Waals surface area contributed by atoms with E-state index in [1.54, 1.807) is 7.05 Å². The molecule has 1 aliphatic rings. The third kappa shape index (κ3) is 3.81. The molecule has 118 valence electrons. The topological polar surface area (TPSA) is 49.4 Å². The van der Waals surface area contributed by atoms with Gasteiger partial charge >= 0.3 is 0 Å². The number of nitrogens with one attached hydrogen (secondary N) is 1. The van der Waals surface area contributed by atoms with Gasteiger partial charge in [0, 0.05) is 19.1 Å².